The van der Waals surface area contributed by atoms with Crippen molar-refractivity contribution < 1.29 is 16.4 Å². The highest BCUT2D eigenvalue weighted by atomic mass is 32.1. The average molecular weight is 821 g/mol. The molecule has 0 saturated carbocycles. The maximum atomic E-state index is 9.19. The molecule has 0 aliphatic carbocycles. The lowest BCUT2D eigenvalue weighted by Crippen LogP contribution is -2.03. The molecule has 9 aromatic carbocycles. The van der Waals surface area contributed by atoms with Crippen molar-refractivity contribution >= 4 is 53.3 Å². The number of hydrogen-bond donors (Lipinski definition) is 0. The first kappa shape index (κ1) is 25.6. The normalized spacial score (nSPS) is 14.3. The number of nitrogens with zero attached hydrogens (tertiary/aromatic N) is 4. The van der Waals surface area contributed by atoms with Gasteiger partial charge >= 0.3 is 0 Å². The second-order valence-corrected chi connectivity index (χ2v) is 15.7. The largest absolute Gasteiger partial charge is 0.309 e. The van der Waals surface area contributed by atoms with Gasteiger partial charge in [-0.25, -0.2) is 15.0 Å². The number of thiophene rings is 1. The lowest BCUT2D eigenvalue weighted by molar-refractivity contribution is 1.06. The van der Waals surface area contributed by atoms with Gasteiger partial charge in [-0.3, -0.25) is 0 Å². The standard InChI is InChI=1S/C57H36N4S/c1-3-15-37(16-4-1)39-29-31-40(32-30-39)55-58-56(60-57(59-55)48-23-9-12-28-52(48)61-50-26-10-7-21-45(50)46-22-8-11-27-51(46)61)43-20-13-19-42(35-43)44-24-14-25-47-49-36-41(38-17-5-2-6-18-38)33-34-53(49)62-54(44)47/h1-36H/i1D,3D,4D,7D,8D,10D,15D,16D,21D,22D,26D,27D. The number of rotatable bonds is 7. The summed E-state index contributed by atoms with van der Waals surface area (Å²) in [6, 6.07) is 41.4. The van der Waals surface area contributed by atoms with Crippen LogP contribution in [-0.2, 0) is 0 Å². The molecule has 0 aliphatic heterocycles. The van der Waals surface area contributed by atoms with E-state index in [2.05, 4.69) is 48.5 Å². The van der Waals surface area contributed by atoms with E-state index in [0.717, 1.165) is 42.4 Å². The van der Waals surface area contributed by atoms with E-state index in [1.54, 1.807) is 59.9 Å². The van der Waals surface area contributed by atoms with Gasteiger partial charge in [0.2, 0.25) is 0 Å². The van der Waals surface area contributed by atoms with E-state index in [1.165, 1.54) is 10.6 Å². The fourth-order valence-corrected chi connectivity index (χ4v) is 9.38. The Bertz CT molecular complexity index is 4320. The molecule has 0 amide bonds. The minimum absolute atomic E-state index is 0.00624. The molecule has 0 spiro atoms. The van der Waals surface area contributed by atoms with Crippen molar-refractivity contribution in [1.82, 2.24) is 19.5 Å². The highest BCUT2D eigenvalue weighted by Gasteiger charge is 2.20. The molecule has 0 unspecified atom stereocenters. The van der Waals surface area contributed by atoms with Crippen LogP contribution in [0.3, 0.4) is 0 Å². The molecule has 0 aliphatic rings. The van der Waals surface area contributed by atoms with Crippen molar-refractivity contribution in [3.63, 3.8) is 0 Å². The van der Waals surface area contributed by atoms with E-state index in [0.29, 0.717) is 27.9 Å². The highest BCUT2D eigenvalue weighted by molar-refractivity contribution is 7.26. The van der Waals surface area contributed by atoms with E-state index in [-0.39, 0.29) is 75.1 Å². The van der Waals surface area contributed by atoms with Gasteiger partial charge in [0.25, 0.3) is 0 Å². The van der Waals surface area contributed by atoms with Crippen molar-refractivity contribution in [2.45, 2.75) is 0 Å². The van der Waals surface area contributed by atoms with Crippen LogP contribution in [0.2, 0.25) is 0 Å². The van der Waals surface area contributed by atoms with Crippen LogP contribution in [0.1, 0.15) is 16.4 Å². The van der Waals surface area contributed by atoms with Crippen molar-refractivity contribution in [1.29, 1.82) is 0 Å². The Morgan fingerprint density at radius 2 is 1.00 bits per heavy atom. The summed E-state index contributed by atoms with van der Waals surface area (Å²) in [5.74, 6) is 0.661. The minimum atomic E-state index is -0.511. The molecule has 0 bridgehead atoms. The zero-order valence-corrected chi connectivity index (χ0v) is 33.4. The first-order valence-corrected chi connectivity index (χ1v) is 20.7. The first-order valence-electron chi connectivity index (χ1n) is 25.9. The zero-order valence-electron chi connectivity index (χ0n) is 44.6. The predicted molar refractivity (Wildman–Crippen MR) is 260 cm³/mol. The van der Waals surface area contributed by atoms with Gasteiger partial charge in [0.15, 0.2) is 17.5 Å². The van der Waals surface area contributed by atoms with Gasteiger partial charge in [-0.05, 0) is 75.8 Å². The van der Waals surface area contributed by atoms with Crippen molar-refractivity contribution in [3.8, 4) is 73.2 Å². The number of hydrogen-bond acceptors (Lipinski definition) is 4. The zero-order chi connectivity index (χ0) is 51.4. The van der Waals surface area contributed by atoms with Gasteiger partial charge in [0.1, 0.15) is 0 Å². The van der Waals surface area contributed by atoms with Crippen LogP contribution in [-0.4, -0.2) is 19.5 Å². The predicted octanol–water partition coefficient (Wildman–Crippen LogP) is 15.3. The average Bonchev–Trinajstić information content (AvgIpc) is 4.01. The Morgan fingerprint density at radius 1 is 0.371 bits per heavy atom. The summed E-state index contributed by atoms with van der Waals surface area (Å²) in [6.07, 6.45) is 0. The van der Waals surface area contributed by atoms with E-state index in [4.69, 9.17) is 30.0 Å². The molecular formula is C57H36N4S. The van der Waals surface area contributed by atoms with Crippen molar-refractivity contribution in [2.75, 3.05) is 0 Å². The van der Waals surface area contributed by atoms with E-state index < -0.39 is 42.3 Å². The van der Waals surface area contributed by atoms with Gasteiger partial charge < -0.3 is 4.57 Å². The summed E-state index contributed by atoms with van der Waals surface area (Å²) >= 11 is 1.72. The number of para-hydroxylation sites is 3. The molecule has 0 radical (unpaired) electrons. The van der Waals surface area contributed by atoms with E-state index >= 15 is 0 Å². The van der Waals surface area contributed by atoms with Crippen LogP contribution in [0.15, 0.2) is 218 Å². The number of aromatic nitrogens is 4. The lowest BCUT2D eigenvalue weighted by Gasteiger charge is -2.15. The van der Waals surface area contributed by atoms with Gasteiger partial charge in [0.05, 0.1) is 33.2 Å². The molecule has 0 saturated heterocycles. The quantitative estimate of drug-likeness (QED) is 0.161. The summed E-state index contributed by atoms with van der Waals surface area (Å²) in [7, 11) is 0. The van der Waals surface area contributed by atoms with Crippen LogP contribution in [0.5, 0.6) is 0 Å². The van der Waals surface area contributed by atoms with Crippen LogP contribution in [0, 0.1) is 0 Å². The van der Waals surface area contributed by atoms with E-state index in [9.17, 15) is 1.37 Å². The number of benzene rings is 9. The Labute approximate surface area is 379 Å². The van der Waals surface area contributed by atoms with Gasteiger partial charge in [-0.1, -0.05) is 176 Å². The van der Waals surface area contributed by atoms with Crippen LogP contribution < -0.4 is 0 Å². The molecule has 290 valence electrons. The maximum Gasteiger partial charge on any atom is 0.166 e. The maximum absolute atomic E-state index is 9.19. The summed E-state index contributed by atoms with van der Waals surface area (Å²) in [6.45, 7) is 0. The third kappa shape index (κ3) is 6.18. The fourth-order valence-electron chi connectivity index (χ4n) is 8.16. The molecule has 0 fully saturated rings. The Hall–Kier alpha value is -7.99. The van der Waals surface area contributed by atoms with Crippen molar-refractivity contribution in [2.24, 2.45) is 0 Å². The number of fused-ring (bicyclic) bond motifs is 6. The minimum Gasteiger partial charge on any atom is -0.309 e. The Morgan fingerprint density at radius 3 is 1.87 bits per heavy atom. The molecule has 5 heteroatoms. The summed E-state index contributed by atoms with van der Waals surface area (Å²) < 4.78 is 108. The van der Waals surface area contributed by atoms with Gasteiger partial charge in [-0.2, -0.15) is 0 Å². The summed E-state index contributed by atoms with van der Waals surface area (Å²) in [5.41, 5.74) is 6.62. The first-order chi connectivity index (χ1) is 35.7. The van der Waals surface area contributed by atoms with Gasteiger partial charge in [0, 0.05) is 47.6 Å². The smallest absolute Gasteiger partial charge is 0.166 e. The SMILES string of the molecule is [2H]c1cc([2H])c2c(c1[2H])c1c([2H])c([2H])c([2H])c([2H])c1n2-c1ccccc1-c1nc(-c2ccc(-c3c([2H])c([2H])c([2H])c([2H])c3[2H])cc2)nc(-c2cccc(-c3cccc4c3sc3ccc(-c5ccccc5)cc34)c2)n1. The monoisotopic (exact) mass is 820 g/mol. The van der Waals surface area contributed by atoms with Crippen LogP contribution in [0.4, 0.5) is 0 Å². The molecule has 4 nitrogen and oxygen atoms in total. The molecule has 3 heterocycles. The Kier molecular flexibility index (Phi) is 6.16. The van der Waals surface area contributed by atoms with Crippen molar-refractivity contribution in [3.05, 3.63) is 218 Å². The Balaban J connectivity index is 1.07. The summed E-state index contributed by atoms with van der Waals surface area (Å²) in [4.78, 5) is 15.2. The molecule has 12 aromatic rings. The third-order valence-electron chi connectivity index (χ3n) is 11.1. The third-order valence-corrected chi connectivity index (χ3v) is 12.3. The molecular weight excluding hydrogens is 773 g/mol. The second kappa shape index (κ2) is 14.9. The second-order valence-electron chi connectivity index (χ2n) is 14.7. The highest BCUT2D eigenvalue weighted by Crippen LogP contribution is 2.42. The van der Waals surface area contributed by atoms with Crippen LogP contribution >= 0.6 is 11.3 Å². The molecule has 12 rings (SSSR count). The molecule has 0 N–H and O–H groups in total. The topological polar surface area (TPSA) is 43.6 Å². The fraction of sp³-hybridized carbons (Fsp3) is 0. The molecule has 62 heavy (non-hydrogen) atoms. The van der Waals surface area contributed by atoms with Gasteiger partial charge in [-0.15, -0.1) is 11.3 Å². The summed E-state index contributed by atoms with van der Waals surface area (Å²) in [5, 5.41) is 2.33. The van der Waals surface area contributed by atoms with Crippen LogP contribution in [0.25, 0.3) is 115 Å². The molecule has 0 atom stereocenters. The van der Waals surface area contributed by atoms with E-state index in [1.807, 2.05) is 42.5 Å². The lowest BCUT2D eigenvalue weighted by atomic mass is 9.99. The molecule has 3 aromatic heterocycles.